The number of benzene rings is 2. The zero-order valence-corrected chi connectivity index (χ0v) is 16.8. The number of amides is 1. The summed E-state index contributed by atoms with van der Waals surface area (Å²) in [6.45, 7) is 4.14. The van der Waals surface area contributed by atoms with E-state index in [-0.39, 0.29) is 30.5 Å². The Morgan fingerprint density at radius 1 is 1.21 bits per heavy atom. The molecule has 0 aliphatic carbocycles. The second-order valence-corrected chi connectivity index (χ2v) is 7.33. The summed E-state index contributed by atoms with van der Waals surface area (Å²) in [5, 5.41) is 1.59. The van der Waals surface area contributed by atoms with Crippen LogP contribution in [0.15, 0.2) is 64.1 Å². The summed E-state index contributed by atoms with van der Waals surface area (Å²) in [5.74, 6) is 0.677. The molecule has 2 aromatic heterocycles. The van der Waals surface area contributed by atoms with Crippen LogP contribution in [-0.2, 0) is 11.3 Å². The predicted molar refractivity (Wildman–Crippen MR) is 113 cm³/mol. The van der Waals surface area contributed by atoms with Gasteiger partial charge in [-0.25, -0.2) is 4.98 Å². The second-order valence-electron chi connectivity index (χ2n) is 7.33. The van der Waals surface area contributed by atoms with E-state index in [1.807, 2.05) is 56.3 Å². The van der Waals surface area contributed by atoms with E-state index in [1.165, 1.54) is 10.9 Å². The van der Waals surface area contributed by atoms with Crippen LogP contribution in [0.1, 0.15) is 30.7 Å². The minimum atomic E-state index is -0.205. The molecule has 0 bridgehead atoms. The number of nitrogens with zero attached hydrogens (tertiary/aromatic N) is 3. The van der Waals surface area contributed by atoms with E-state index in [9.17, 15) is 9.59 Å². The molecule has 1 unspecified atom stereocenters. The molecular formula is C23H23N3O3. The van der Waals surface area contributed by atoms with E-state index < -0.39 is 0 Å². The maximum absolute atomic E-state index is 12.7. The number of hydrogen-bond acceptors (Lipinski definition) is 4. The Balaban J connectivity index is 1.48. The summed E-state index contributed by atoms with van der Waals surface area (Å²) in [4.78, 5) is 31.5. The molecule has 6 nitrogen and oxygen atoms in total. The summed E-state index contributed by atoms with van der Waals surface area (Å²) >= 11 is 0. The van der Waals surface area contributed by atoms with E-state index in [2.05, 4.69) is 4.98 Å². The zero-order chi connectivity index (χ0) is 20.5. The van der Waals surface area contributed by atoms with Crippen molar-refractivity contribution in [2.45, 2.75) is 32.9 Å². The molecule has 0 N–H and O–H groups in total. The van der Waals surface area contributed by atoms with Crippen molar-refractivity contribution >= 4 is 27.8 Å². The van der Waals surface area contributed by atoms with Crippen molar-refractivity contribution in [2.24, 2.45) is 0 Å². The molecule has 0 radical (unpaired) electrons. The SMILES string of the molecule is Cc1cccc2c(=O)n(CCC(=O)N(C)C(C)c3cc4ccccc4o3)cnc12. The summed E-state index contributed by atoms with van der Waals surface area (Å²) in [6, 6.07) is 15.1. The lowest BCUT2D eigenvalue weighted by Gasteiger charge is -2.23. The number of hydrogen-bond donors (Lipinski definition) is 0. The number of fused-ring (bicyclic) bond motifs is 2. The van der Waals surface area contributed by atoms with Crippen molar-refractivity contribution in [1.82, 2.24) is 14.5 Å². The molecule has 0 aliphatic rings. The van der Waals surface area contributed by atoms with Crippen molar-refractivity contribution in [3.63, 3.8) is 0 Å². The van der Waals surface area contributed by atoms with Gasteiger partial charge in [0.05, 0.1) is 23.3 Å². The molecule has 0 saturated heterocycles. The molecule has 1 amide bonds. The van der Waals surface area contributed by atoms with Crippen LogP contribution in [0.4, 0.5) is 0 Å². The van der Waals surface area contributed by atoms with Crippen LogP contribution in [0.25, 0.3) is 21.9 Å². The number of furan rings is 1. The van der Waals surface area contributed by atoms with Gasteiger partial charge in [0.1, 0.15) is 11.3 Å². The van der Waals surface area contributed by atoms with E-state index in [0.29, 0.717) is 10.9 Å². The third-order valence-corrected chi connectivity index (χ3v) is 5.45. The van der Waals surface area contributed by atoms with Crippen molar-refractivity contribution < 1.29 is 9.21 Å². The van der Waals surface area contributed by atoms with Crippen LogP contribution in [0.5, 0.6) is 0 Å². The highest BCUT2D eigenvalue weighted by Gasteiger charge is 2.21. The normalized spacial score (nSPS) is 12.4. The molecule has 6 heteroatoms. The molecule has 29 heavy (non-hydrogen) atoms. The molecule has 4 aromatic rings. The van der Waals surface area contributed by atoms with E-state index in [1.54, 1.807) is 18.0 Å². The summed E-state index contributed by atoms with van der Waals surface area (Å²) < 4.78 is 7.38. The average molecular weight is 389 g/mol. The smallest absolute Gasteiger partial charge is 0.261 e. The number of aromatic nitrogens is 2. The highest BCUT2D eigenvalue weighted by Crippen LogP contribution is 2.27. The molecule has 148 valence electrons. The number of aryl methyl sites for hydroxylation is 2. The lowest BCUT2D eigenvalue weighted by molar-refractivity contribution is -0.132. The largest absolute Gasteiger partial charge is 0.459 e. The third kappa shape index (κ3) is 3.53. The van der Waals surface area contributed by atoms with Gasteiger partial charge in [0.25, 0.3) is 5.56 Å². The van der Waals surface area contributed by atoms with Crippen LogP contribution in [0.2, 0.25) is 0 Å². The molecule has 0 spiro atoms. The lowest BCUT2D eigenvalue weighted by Crippen LogP contribution is -2.31. The summed E-state index contributed by atoms with van der Waals surface area (Å²) in [5.41, 5.74) is 2.34. The lowest BCUT2D eigenvalue weighted by atomic mass is 10.1. The summed E-state index contributed by atoms with van der Waals surface area (Å²) in [6.07, 6.45) is 1.73. The van der Waals surface area contributed by atoms with Gasteiger partial charge in [0.15, 0.2) is 0 Å². The van der Waals surface area contributed by atoms with Gasteiger partial charge < -0.3 is 9.32 Å². The van der Waals surface area contributed by atoms with Gasteiger partial charge >= 0.3 is 0 Å². The van der Waals surface area contributed by atoms with Gasteiger partial charge in [-0.05, 0) is 37.6 Å². The minimum absolute atomic E-state index is 0.0609. The molecule has 4 rings (SSSR count). The molecule has 1 atom stereocenters. The fraction of sp³-hybridized carbons (Fsp3) is 0.261. The highest BCUT2D eigenvalue weighted by atomic mass is 16.3. The molecule has 0 fully saturated rings. The van der Waals surface area contributed by atoms with Crippen molar-refractivity contribution in [2.75, 3.05) is 7.05 Å². The van der Waals surface area contributed by atoms with E-state index in [0.717, 1.165) is 22.3 Å². The van der Waals surface area contributed by atoms with Gasteiger partial charge in [-0.3, -0.25) is 14.2 Å². The zero-order valence-electron chi connectivity index (χ0n) is 16.8. The third-order valence-electron chi connectivity index (χ3n) is 5.45. The Bertz CT molecular complexity index is 1220. The van der Waals surface area contributed by atoms with Crippen molar-refractivity contribution in [3.05, 3.63) is 76.5 Å². The van der Waals surface area contributed by atoms with Crippen LogP contribution in [0.3, 0.4) is 0 Å². The van der Waals surface area contributed by atoms with Crippen molar-refractivity contribution in [3.8, 4) is 0 Å². The van der Waals surface area contributed by atoms with Crippen LogP contribution in [0, 0.1) is 6.92 Å². The molecule has 0 saturated carbocycles. The number of carbonyl (C=O) groups excluding carboxylic acids is 1. The quantitative estimate of drug-likeness (QED) is 0.516. The molecule has 2 heterocycles. The van der Waals surface area contributed by atoms with Crippen LogP contribution >= 0.6 is 0 Å². The monoisotopic (exact) mass is 389 g/mol. The summed E-state index contributed by atoms with van der Waals surface area (Å²) in [7, 11) is 1.75. The van der Waals surface area contributed by atoms with Gasteiger partial charge in [0, 0.05) is 25.4 Å². The fourth-order valence-corrected chi connectivity index (χ4v) is 3.50. The van der Waals surface area contributed by atoms with Gasteiger partial charge in [0.2, 0.25) is 5.91 Å². The van der Waals surface area contributed by atoms with Crippen LogP contribution < -0.4 is 5.56 Å². The van der Waals surface area contributed by atoms with E-state index >= 15 is 0 Å². The van der Waals surface area contributed by atoms with E-state index in [4.69, 9.17) is 4.42 Å². The van der Waals surface area contributed by atoms with Gasteiger partial charge in [-0.1, -0.05) is 30.3 Å². The first-order chi connectivity index (χ1) is 14.0. The number of rotatable bonds is 5. The predicted octanol–water partition coefficient (Wildman–Crippen LogP) is 4.06. The van der Waals surface area contributed by atoms with Gasteiger partial charge in [-0.15, -0.1) is 0 Å². The maximum Gasteiger partial charge on any atom is 0.261 e. The number of para-hydroxylation sites is 2. The Morgan fingerprint density at radius 3 is 2.79 bits per heavy atom. The van der Waals surface area contributed by atoms with Crippen molar-refractivity contribution in [1.29, 1.82) is 0 Å². The van der Waals surface area contributed by atoms with Crippen LogP contribution in [-0.4, -0.2) is 27.4 Å². The minimum Gasteiger partial charge on any atom is -0.459 e. The number of carbonyl (C=O) groups is 1. The first-order valence-corrected chi connectivity index (χ1v) is 9.64. The Morgan fingerprint density at radius 2 is 2.00 bits per heavy atom. The standard InChI is InChI=1S/C23H23N3O3/c1-15-7-6-9-18-22(15)24-14-26(23(18)28)12-11-21(27)25(3)16(2)20-13-17-8-4-5-10-19(17)29-20/h4-10,13-14,16H,11-12H2,1-3H3. The highest BCUT2D eigenvalue weighted by molar-refractivity contribution is 5.81. The second kappa shape index (κ2) is 7.54. The first-order valence-electron chi connectivity index (χ1n) is 9.64. The maximum atomic E-state index is 12.7. The Kier molecular flexibility index (Phi) is 4.92. The Hall–Kier alpha value is -3.41. The van der Waals surface area contributed by atoms with Gasteiger partial charge in [-0.2, -0.15) is 0 Å². The topological polar surface area (TPSA) is 68.3 Å². The average Bonchev–Trinajstić information content (AvgIpc) is 3.17. The first kappa shape index (κ1) is 18.9. The molecule has 0 aliphatic heterocycles. The Labute approximate surface area is 168 Å². The fourth-order valence-electron chi connectivity index (χ4n) is 3.50. The molecule has 2 aromatic carbocycles. The molecular weight excluding hydrogens is 366 g/mol.